The van der Waals surface area contributed by atoms with Gasteiger partial charge in [-0.15, -0.1) is 0 Å². The maximum atomic E-state index is 13.1. The molecule has 2 heterocycles. The Balaban J connectivity index is 1.49. The number of carbonyl (C=O) groups excluding carboxylic acids is 1. The molecular weight excluding hydrogens is 367 g/mol. The average molecular weight is 390 g/mol. The van der Waals surface area contributed by atoms with Crippen molar-refractivity contribution in [1.29, 1.82) is 0 Å². The van der Waals surface area contributed by atoms with Crippen molar-refractivity contribution in [2.45, 2.75) is 25.8 Å². The van der Waals surface area contributed by atoms with E-state index in [9.17, 15) is 9.18 Å². The molecule has 1 aliphatic rings. The van der Waals surface area contributed by atoms with Crippen LogP contribution in [0.3, 0.4) is 0 Å². The molecule has 1 aromatic heterocycles. The molecule has 1 N–H and O–H groups in total. The van der Waals surface area contributed by atoms with E-state index in [-0.39, 0.29) is 17.8 Å². The van der Waals surface area contributed by atoms with Crippen molar-refractivity contribution in [3.8, 4) is 11.3 Å². The molecule has 0 bridgehead atoms. The quantitative estimate of drug-likeness (QED) is 0.703. The zero-order chi connectivity index (χ0) is 20.2. The molecule has 148 valence electrons. The Morgan fingerprint density at radius 3 is 2.34 bits per heavy atom. The van der Waals surface area contributed by atoms with Crippen LogP contribution < -0.4 is 10.2 Å². The summed E-state index contributed by atoms with van der Waals surface area (Å²) in [6.07, 6.45) is 5.75. The third-order valence-electron chi connectivity index (χ3n) is 5.22. The van der Waals surface area contributed by atoms with Gasteiger partial charge in [-0.1, -0.05) is 24.3 Å². The highest BCUT2D eigenvalue weighted by molar-refractivity contribution is 5.95. The summed E-state index contributed by atoms with van der Waals surface area (Å²) in [5, 5.41) is 2.95. The lowest BCUT2D eigenvalue weighted by atomic mass is 10.1. The van der Waals surface area contributed by atoms with E-state index >= 15 is 0 Å². The van der Waals surface area contributed by atoms with Gasteiger partial charge in [-0.3, -0.25) is 9.78 Å². The highest BCUT2D eigenvalue weighted by atomic mass is 19.1. The molecule has 3 aromatic rings. The minimum atomic E-state index is -0.292. The summed E-state index contributed by atoms with van der Waals surface area (Å²) < 4.78 is 13.1. The van der Waals surface area contributed by atoms with Gasteiger partial charge in [0.1, 0.15) is 11.5 Å². The zero-order valence-corrected chi connectivity index (χ0v) is 16.3. The van der Waals surface area contributed by atoms with E-state index in [4.69, 9.17) is 0 Å². The summed E-state index contributed by atoms with van der Waals surface area (Å²) in [6.45, 7) is 3.86. The molecule has 0 saturated carbocycles. The van der Waals surface area contributed by atoms with Crippen molar-refractivity contribution in [1.82, 2.24) is 15.3 Å². The van der Waals surface area contributed by atoms with E-state index in [2.05, 4.69) is 20.2 Å². The van der Waals surface area contributed by atoms with E-state index in [1.54, 1.807) is 36.7 Å². The number of aromatic nitrogens is 2. The SMILES string of the molecule is CC(NC(=O)c1ccc(-c2nccnc2N2CCCC2)cc1)c1ccc(F)cc1. The first-order valence-corrected chi connectivity index (χ1v) is 9.84. The number of carbonyl (C=O) groups is 1. The fraction of sp³-hybridized carbons (Fsp3) is 0.261. The third-order valence-corrected chi connectivity index (χ3v) is 5.22. The fourth-order valence-electron chi connectivity index (χ4n) is 3.59. The van der Waals surface area contributed by atoms with Crippen LogP contribution in [0.4, 0.5) is 10.2 Å². The van der Waals surface area contributed by atoms with Crippen LogP contribution in [-0.2, 0) is 0 Å². The van der Waals surface area contributed by atoms with E-state index in [0.29, 0.717) is 5.56 Å². The molecule has 5 nitrogen and oxygen atoms in total. The lowest BCUT2D eigenvalue weighted by molar-refractivity contribution is 0.0940. The summed E-state index contributed by atoms with van der Waals surface area (Å²) in [4.78, 5) is 23.9. The Morgan fingerprint density at radius 1 is 1.00 bits per heavy atom. The Morgan fingerprint density at radius 2 is 1.66 bits per heavy atom. The molecular formula is C23H23FN4O. The van der Waals surface area contributed by atoms with Gasteiger partial charge in [0, 0.05) is 36.6 Å². The molecule has 29 heavy (non-hydrogen) atoms. The number of nitrogens with one attached hydrogen (secondary N) is 1. The molecule has 6 heteroatoms. The van der Waals surface area contributed by atoms with Gasteiger partial charge in [-0.05, 0) is 49.6 Å². The molecule has 1 fully saturated rings. The van der Waals surface area contributed by atoms with Crippen LogP contribution in [0.1, 0.15) is 41.7 Å². The van der Waals surface area contributed by atoms with Crippen LogP contribution >= 0.6 is 0 Å². The first-order chi connectivity index (χ1) is 14.1. The Labute approximate surface area is 169 Å². The van der Waals surface area contributed by atoms with Crippen LogP contribution in [-0.4, -0.2) is 29.0 Å². The van der Waals surface area contributed by atoms with Gasteiger partial charge in [-0.25, -0.2) is 9.37 Å². The second kappa shape index (κ2) is 8.39. The number of hydrogen-bond donors (Lipinski definition) is 1. The molecule has 1 atom stereocenters. The lowest BCUT2D eigenvalue weighted by Crippen LogP contribution is -2.26. The van der Waals surface area contributed by atoms with E-state index in [1.165, 1.54) is 25.0 Å². The molecule has 2 aromatic carbocycles. The van der Waals surface area contributed by atoms with Gasteiger partial charge >= 0.3 is 0 Å². The largest absolute Gasteiger partial charge is 0.355 e. The smallest absolute Gasteiger partial charge is 0.251 e. The standard InChI is InChI=1S/C23H23FN4O/c1-16(17-8-10-20(24)11-9-17)27-23(29)19-6-4-18(5-7-19)21-22(26-13-12-25-21)28-14-2-3-15-28/h4-13,16H,2-3,14-15H2,1H3,(H,27,29). The number of hydrogen-bond acceptors (Lipinski definition) is 4. The number of nitrogens with zero attached hydrogens (tertiary/aromatic N) is 3. The van der Waals surface area contributed by atoms with Crippen molar-refractivity contribution >= 4 is 11.7 Å². The van der Waals surface area contributed by atoms with Crippen molar-refractivity contribution < 1.29 is 9.18 Å². The van der Waals surface area contributed by atoms with Crippen LogP contribution in [0.5, 0.6) is 0 Å². The topological polar surface area (TPSA) is 58.1 Å². The Bertz CT molecular complexity index is 983. The predicted octanol–water partition coefficient (Wildman–Crippen LogP) is 4.37. The van der Waals surface area contributed by atoms with Crippen molar-refractivity contribution in [3.63, 3.8) is 0 Å². The molecule has 0 aliphatic carbocycles. The summed E-state index contributed by atoms with van der Waals surface area (Å²) in [5.74, 6) is 0.430. The maximum Gasteiger partial charge on any atom is 0.251 e. The summed E-state index contributed by atoms with van der Waals surface area (Å²) in [5.41, 5.74) is 3.18. The highest BCUT2D eigenvalue weighted by Crippen LogP contribution is 2.29. The lowest BCUT2D eigenvalue weighted by Gasteiger charge is -2.19. The summed E-state index contributed by atoms with van der Waals surface area (Å²) in [7, 11) is 0. The first-order valence-electron chi connectivity index (χ1n) is 9.84. The van der Waals surface area contributed by atoms with Crippen molar-refractivity contribution in [3.05, 3.63) is 77.9 Å². The fourth-order valence-corrected chi connectivity index (χ4v) is 3.59. The van der Waals surface area contributed by atoms with E-state index in [1.807, 2.05) is 19.1 Å². The van der Waals surface area contributed by atoms with Gasteiger partial charge in [0.25, 0.3) is 5.91 Å². The van der Waals surface area contributed by atoms with Gasteiger partial charge in [0.2, 0.25) is 0 Å². The molecule has 1 amide bonds. The van der Waals surface area contributed by atoms with Crippen molar-refractivity contribution in [2.75, 3.05) is 18.0 Å². The van der Waals surface area contributed by atoms with Gasteiger partial charge in [-0.2, -0.15) is 0 Å². The monoisotopic (exact) mass is 390 g/mol. The number of amides is 1. The minimum Gasteiger partial charge on any atom is -0.355 e. The summed E-state index contributed by atoms with van der Waals surface area (Å²) >= 11 is 0. The summed E-state index contributed by atoms with van der Waals surface area (Å²) in [6, 6.07) is 13.3. The predicted molar refractivity (Wildman–Crippen MR) is 111 cm³/mol. The molecule has 4 rings (SSSR count). The van der Waals surface area contributed by atoms with E-state index in [0.717, 1.165) is 35.7 Å². The molecule has 1 saturated heterocycles. The number of anilines is 1. The highest BCUT2D eigenvalue weighted by Gasteiger charge is 2.19. The molecule has 0 spiro atoms. The van der Waals surface area contributed by atoms with Crippen LogP contribution in [0.2, 0.25) is 0 Å². The normalized spacial score (nSPS) is 14.6. The molecule has 1 aliphatic heterocycles. The van der Waals surface area contributed by atoms with Crippen LogP contribution in [0.15, 0.2) is 60.9 Å². The Hall–Kier alpha value is -3.28. The number of rotatable bonds is 5. The van der Waals surface area contributed by atoms with Crippen LogP contribution in [0, 0.1) is 5.82 Å². The number of benzene rings is 2. The minimum absolute atomic E-state index is 0.174. The maximum absolute atomic E-state index is 13.1. The average Bonchev–Trinajstić information content (AvgIpc) is 3.29. The van der Waals surface area contributed by atoms with Gasteiger partial charge in [0.15, 0.2) is 5.82 Å². The van der Waals surface area contributed by atoms with Gasteiger partial charge in [0.05, 0.1) is 6.04 Å². The van der Waals surface area contributed by atoms with E-state index < -0.39 is 0 Å². The number of halogens is 1. The third kappa shape index (κ3) is 4.26. The second-order valence-corrected chi connectivity index (χ2v) is 7.25. The zero-order valence-electron chi connectivity index (χ0n) is 16.3. The molecule has 0 radical (unpaired) electrons. The molecule has 1 unspecified atom stereocenters. The van der Waals surface area contributed by atoms with Crippen molar-refractivity contribution in [2.24, 2.45) is 0 Å². The van der Waals surface area contributed by atoms with Crippen LogP contribution in [0.25, 0.3) is 11.3 Å². The van der Waals surface area contributed by atoms with Gasteiger partial charge < -0.3 is 10.2 Å². The Kier molecular flexibility index (Phi) is 5.51. The second-order valence-electron chi connectivity index (χ2n) is 7.25. The first kappa shape index (κ1) is 19.1.